The molecule has 3 amide bonds. The number of rotatable bonds is 6. The molecule has 2 N–H and O–H groups in total. The van der Waals surface area contributed by atoms with Gasteiger partial charge >= 0.3 is 6.03 Å². The zero-order valence-corrected chi connectivity index (χ0v) is 18.8. The van der Waals surface area contributed by atoms with Gasteiger partial charge in [-0.15, -0.1) is 0 Å². The first-order valence-electron chi connectivity index (χ1n) is 11.6. The Labute approximate surface area is 181 Å². The van der Waals surface area contributed by atoms with E-state index in [1.54, 1.807) is 0 Å². The van der Waals surface area contributed by atoms with Crippen LogP contribution in [0.25, 0.3) is 0 Å². The number of nitrogens with one attached hydrogen (secondary N) is 2. The van der Waals surface area contributed by atoms with Crippen molar-refractivity contribution in [3.63, 3.8) is 0 Å². The van der Waals surface area contributed by atoms with Crippen LogP contribution in [0.5, 0.6) is 0 Å². The minimum absolute atomic E-state index is 0.00766. The molecule has 6 nitrogen and oxygen atoms in total. The van der Waals surface area contributed by atoms with Crippen LogP contribution in [-0.4, -0.2) is 66.5 Å². The molecule has 2 aliphatic rings. The van der Waals surface area contributed by atoms with Crippen molar-refractivity contribution in [3.8, 4) is 0 Å². The van der Waals surface area contributed by atoms with Gasteiger partial charge in [0.1, 0.15) is 0 Å². The van der Waals surface area contributed by atoms with Crippen LogP contribution in [-0.2, 0) is 0 Å². The van der Waals surface area contributed by atoms with Gasteiger partial charge in [-0.1, -0.05) is 18.6 Å². The first-order valence-corrected chi connectivity index (χ1v) is 11.6. The molecule has 166 valence electrons. The second-order valence-corrected chi connectivity index (χ2v) is 9.15. The number of urea groups is 1. The molecule has 0 bridgehead atoms. The largest absolute Gasteiger partial charge is 0.351 e. The van der Waals surface area contributed by atoms with Crippen molar-refractivity contribution >= 4 is 11.9 Å². The molecule has 3 rings (SSSR count). The molecule has 2 heterocycles. The van der Waals surface area contributed by atoms with Gasteiger partial charge < -0.3 is 15.5 Å². The SMILES string of the molecule is CC(C)NC(=O)N1CCC[C@H](c2cccc(C(=O)NCCN3CCCC[C@@H]3C)c2)C1. The molecule has 1 aromatic rings. The van der Waals surface area contributed by atoms with E-state index in [-0.39, 0.29) is 23.9 Å². The van der Waals surface area contributed by atoms with E-state index >= 15 is 0 Å². The summed E-state index contributed by atoms with van der Waals surface area (Å²) < 4.78 is 0. The third kappa shape index (κ3) is 6.21. The maximum absolute atomic E-state index is 12.7. The summed E-state index contributed by atoms with van der Waals surface area (Å²) in [6.45, 7) is 10.5. The summed E-state index contributed by atoms with van der Waals surface area (Å²) >= 11 is 0. The molecular formula is C24H38N4O2. The summed E-state index contributed by atoms with van der Waals surface area (Å²) in [5, 5.41) is 6.08. The molecule has 0 spiro atoms. The van der Waals surface area contributed by atoms with Gasteiger partial charge in [0.15, 0.2) is 0 Å². The standard InChI is InChI=1S/C24H38N4O2/c1-18(2)26-24(30)28-14-7-11-22(17-28)20-9-6-10-21(16-20)23(29)25-12-15-27-13-5-4-8-19(27)3/h6,9-10,16,18-19,22H,4-5,7-8,11-15,17H2,1-3H3,(H,25,29)(H,26,30)/t19-,22-/m0/s1. The fourth-order valence-electron chi connectivity index (χ4n) is 4.61. The average Bonchev–Trinajstić information content (AvgIpc) is 2.75. The number of piperidine rings is 2. The Morgan fingerprint density at radius 1 is 1.13 bits per heavy atom. The van der Waals surface area contributed by atoms with E-state index in [1.165, 1.54) is 19.3 Å². The molecule has 1 aromatic carbocycles. The fourth-order valence-corrected chi connectivity index (χ4v) is 4.61. The molecule has 6 heteroatoms. The van der Waals surface area contributed by atoms with Crippen molar-refractivity contribution in [2.45, 2.75) is 70.9 Å². The van der Waals surface area contributed by atoms with E-state index in [2.05, 4.69) is 28.5 Å². The Balaban J connectivity index is 1.54. The van der Waals surface area contributed by atoms with E-state index in [9.17, 15) is 9.59 Å². The molecule has 0 aliphatic carbocycles. The average molecular weight is 415 g/mol. The van der Waals surface area contributed by atoms with E-state index in [1.807, 2.05) is 36.9 Å². The molecule has 2 fully saturated rings. The Morgan fingerprint density at radius 2 is 1.97 bits per heavy atom. The molecule has 0 aromatic heterocycles. The molecule has 0 unspecified atom stereocenters. The van der Waals surface area contributed by atoms with Gasteiger partial charge in [-0.2, -0.15) is 0 Å². The minimum atomic E-state index is -0.00766. The summed E-state index contributed by atoms with van der Waals surface area (Å²) in [4.78, 5) is 29.4. The lowest BCUT2D eigenvalue weighted by Crippen LogP contribution is -2.47. The van der Waals surface area contributed by atoms with Crippen LogP contribution in [0, 0.1) is 0 Å². The Kier molecular flexibility index (Phi) is 8.14. The summed E-state index contributed by atoms with van der Waals surface area (Å²) in [6, 6.07) is 8.70. The number of amides is 3. The van der Waals surface area contributed by atoms with Crippen molar-refractivity contribution in [3.05, 3.63) is 35.4 Å². The second-order valence-electron chi connectivity index (χ2n) is 9.15. The van der Waals surface area contributed by atoms with Crippen molar-refractivity contribution in [1.29, 1.82) is 0 Å². The molecule has 0 saturated carbocycles. The zero-order chi connectivity index (χ0) is 21.5. The van der Waals surface area contributed by atoms with Crippen molar-refractivity contribution in [1.82, 2.24) is 20.4 Å². The highest BCUT2D eigenvalue weighted by molar-refractivity contribution is 5.94. The smallest absolute Gasteiger partial charge is 0.317 e. The van der Waals surface area contributed by atoms with E-state index in [0.29, 0.717) is 24.7 Å². The molecular weight excluding hydrogens is 376 g/mol. The number of hydrogen-bond acceptors (Lipinski definition) is 3. The maximum atomic E-state index is 12.7. The van der Waals surface area contributed by atoms with Crippen LogP contribution in [0.15, 0.2) is 24.3 Å². The number of carbonyl (C=O) groups excluding carboxylic acids is 2. The lowest BCUT2D eigenvalue weighted by Gasteiger charge is -2.33. The van der Waals surface area contributed by atoms with Crippen molar-refractivity contribution < 1.29 is 9.59 Å². The quantitative estimate of drug-likeness (QED) is 0.748. The van der Waals surface area contributed by atoms with Gasteiger partial charge in [0.2, 0.25) is 0 Å². The Hall–Kier alpha value is -2.08. The lowest BCUT2D eigenvalue weighted by molar-refractivity contribution is 0.0938. The van der Waals surface area contributed by atoms with E-state index < -0.39 is 0 Å². The first kappa shape index (κ1) is 22.6. The number of hydrogen-bond donors (Lipinski definition) is 2. The first-order chi connectivity index (χ1) is 14.4. The highest BCUT2D eigenvalue weighted by Gasteiger charge is 2.25. The lowest BCUT2D eigenvalue weighted by atomic mass is 9.89. The predicted octanol–water partition coefficient (Wildman–Crippen LogP) is 3.59. The van der Waals surface area contributed by atoms with Crippen LogP contribution in [0.4, 0.5) is 4.79 Å². The van der Waals surface area contributed by atoms with Crippen LogP contribution in [0.3, 0.4) is 0 Å². The summed E-state index contributed by atoms with van der Waals surface area (Å²) in [7, 11) is 0. The number of carbonyl (C=O) groups is 2. The highest BCUT2D eigenvalue weighted by Crippen LogP contribution is 2.27. The predicted molar refractivity (Wildman–Crippen MR) is 121 cm³/mol. The monoisotopic (exact) mass is 414 g/mol. The fraction of sp³-hybridized carbons (Fsp3) is 0.667. The summed E-state index contributed by atoms with van der Waals surface area (Å²) in [5.41, 5.74) is 1.86. The second kappa shape index (κ2) is 10.8. The minimum Gasteiger partial charge on any atom is -0.351 e. The van der Waals surface area contributed by atoms with Crippen molar-refractivity contribution in [2.24, 2.45) is 0 Å². The maximum Gasteiger partial charge on any atom is 0.317 e. The number of benzene rings is 1. The van der Waals surface area contributed by atoms with Gasteiger partial charge in [0, 0.05) is 49.7 Å². The zero-order valence-electron chi connectivity index (χ0n) is 18.8. The third-order valence-corrected chi connectivity index (χ3v) is 6.37. The third-order valence-electron chi connectivity index (χ3n) is 6.37. The van der Waals surface area contributed by atoms with Crippen LogP contribution < -0.4 is 10.6 Å². The van der Waals surface area contributed by atoms with Crippen LogP contribution >= 0.6 is 0 Å². The molecule has 0 radical (unpaired) electrons. The van der Waals surface area contributed by atoms with Gasteiger partial charge in [0.25, 0.3) is 5.91 Å². The van der Waals surface area contributed by atoms with E-state index in [0.717, 1.165) is 38.0 Å². The molecule has 30 heavy (non-hydrogen) atoms. The highest BCUT2D eigenvalue weighted by atomic mass is 16.2. The number of nitrogens with zero attached hydrogens (tertiary/aromatic N) is 2. The topological polar surface area (TPSA) is 64.7 Å². The van der Waals surface area contributed by atoms with Gasteiger partial charge in [-0.25, -0.2) is 4.79 Å². The molecule has 2 aliphatic heterocycles. The van der Waals surface area contributed by atoms with Crippen LogP contribution in [0.1, 0.15) is 74.7 Å². The van der Waals surface area contributed by atoms with Gasteiger partial charge in [-0.3, -0.25) is 9.69 Å². The molecule has 2 saturated heterocycles. The molecule has 2 atom stereocenters. The van der Waals surface area contributed by atoms with Gasteiger partial charge in [-0.05, 0) is 70.7 Å². The Bertz CT molecular complexity index is 721. The van der Waals surface area contributed by atoms with Crippen LogP contribution in [0.2, 0.25) is 0 Å². The van der Waals surface area contributed by atoms with E-state index in [4.69, 9.17) is 0 Å². The van der Waals surface area contributed by atoms with Gasteiger partial charge in [0.05, 0.1) is 0 Å². The summed E-state index contributed by atoms with van der Waals surface area (Å²) in [5.74, 6) is 0.269. The normalized spacial score (nSPS) is 22.7. The number of likely N-dealkylation sites (tertiary alicyclic amines) is 2. The summed E-state index contributed by atoms with van der Waals surface area (Å²) in [6.07, 6.45) is 5.86. The Morgan fingerprint density at radius 3 is 2.73 bits per heavy atom. The van der Waals surface area contributed by atoms with Crippen molar-refractivity contribution in [2.75, 3.05) is 32.7 Å².